The molecule has 0 atom stereocenters. The summed E-state index contributed by atoms with van der Waals surface area (Å²) < 4.78 is 10.5. The van der Waals surface area contributed by atoms with Crippen LogP contribution in [0.25, 0.3) is 6.08 Å². The number of carbonyl (C=O) groups is 1. The highest BCUT2D eigenvalue weighted by Crippen LogP contribution is 2.37. The molecule has 0 bridgehead atoms. The Morgan fingerprint density at radius 2 is 1.76 bits per heavy atom. The maximum absolute atomic E-state index is 12.4. The van der Waals surface area contributed by atoms with E-state index in [9.17, 15) is 10.1 Å². The molecule has 0 unspecified atom stereocenters. The van der Waals surface area contributed by atoms with E-state index in [2.05, 4.69) is 5.32 Å². The summed E-state index contributed by atoms with van der Waals surface area (Å²) in [4.78, 5) is 12.4. The lowest BCUT2D eigenvalue weighted by Crippen LogP contribution is -2.14. The van der Waals surface area contributed by atoms with E-state index >= 15 is 0 Å². The predicted molar refractivity (Wildman–Crippen MR) is 96.3 cm³/mol. The van der Waals surface area contributed by atoms with Crippen molar-refractivity contribution in [3.8, 4) is 17.6 Å². The van der Waals surface area contributed by atoms with E-state index in [0.29, 0.717) is 22.1 Å². The van der Waals surface area contributed by atoms with E-state index in [1.165, 1.54) is 6.08 Å². The molecule has 0 spiro atoms. The topological polar surface area (TPSA) is 71.3 Å². The fourth-order valence-corrected chi connectivity index (χ4v) is 2.85. The zero-order chi connectivity index (χ0) is 18.0. The first kappa shape index (κ1) is 17.4. The van der Waals surface area contributed by atoms with Gasteiger partial charge in [-0.1, -0.05) is 40.9 Å². The van der Waals surface area contributed by atoms with Crippen LogP contribution in [0.15, 0.2) is 35.9 Å². The highest BCUT2D eigenvalue weighted by molar-refractivity contribution is 6.40. The molecule has 0 fully saturated rings. The molecule has 8 heteroatoms. The van der Waals surface area contributed by atoms with Crippen LogP contribution in [0.1, 0.15) is 5.56 Å². The van der Waals surface area contributed by atoms with Crippen molar-refractivity contribution in [3.05, 3.63) is 56.5 Å². The average molecular weight is 396 g/mol. The third-order valence-electron chi connectivity index (χ3n) is 3.36. The van der Waals surface area contributed by atoms with Crippen molar-refractivity contribution >= 4 is 52.5 Å². The first-order chi connectivity index (χ1) is 12.0. The molecule has 1 amide bonds. The number of carbonyl (C=O) groups excluding carboxylic acids is 1. The molecule has 3 rings (SSSR count). The molecule has 1 N–H and O–H groups in total. The van der Waals surface area contributed by atoms with E-state index in [1.54, 1.807) is 30.3 Å². The molecule has 1 heterocycles. The highest BCUT2D eigenvalue weighted by Gasteiger charge is 2.18. The number of nitrogens with one attached hydrogen (secondary N) is 1. The lowest BCUT2D eigenvalue weighted by atomic mass is 10.1. The lowest BCUT2D eigenvalue weighted by molar-refractivity contribution is -0.112. The van der Waals surface area contributed by atoms with Gasteiger partial charge in [-0.05, 0) is 29.8 Å². The van der Waals surface area contributed by atoms with Crippen molar-refractivity contribution in [3.63, 3.8) is 0 Å². The van der Waals surface area contributed by atoms with Gasteiger partial charge in [0.05, 0.1) is 20.8 Å². The first-order valence-electron chi connectivity index (χ1n) is 6.96. The van der Waals surface area contributed by atoms with Crippen LogP contribution in [0.4, 0.5) is 5.69 Å². The number of halogens is 3. The molecule has 1 aliphatic heterocycles. The number of amides is 1. The van der Waals surface area contributed by atoms with E-state index in [1.807, 2.05) is 6.07 Å². The molecule has 5 nitrogen and oxygen atoms in total. The van der Waals surface area contributed by atoms with Gasteiger partial charge in [-0.25, -0.2) is 0 Å². The number of hydrogen-bond acceptors (Lipinski definition) is 4. The van der Waals surface area contributed by atoms with Gasteiger partial charge in [-0.2, -0.15) is 5.26 Å². The second kappa shape index (κ2) is 7.24. The second-order valence-corrected chi connectivity index (χ2v) is 6.17. The monoisotopic (exact) mass is 394 g/mol. The van der Waals surface area contributed by atoms with Crippen LogP contribution < -0.4 is 14.8 Å². The maximum Gasteiger partial charge on any atom is 0.266 e. The molecule has 1 aliphatic rings. The van der Waals surface area contributed by atoms with Gasteiger partial charge in [0.1, 0.15) is 11.6 Å². The number of para-hydroxylation sites is 1. The number of nitrogens with zero attached hydrogens (tertiary/aromatic N) is 1. The Kier molecular flexibility index (Phi) is 5.05. The quantitative estimate of drug-likeness (QED) is 0.591. The molecular formula is C17H9Cl3N2O3. The summed E-state index contributed by atoms with van der Waals surface area (Å²) in [5.74, 6) is 0.335. The molecule has 25 heavy (non-hydrogen) atoms. The van der Waals surface area contributed by atoms with Crippen LogP contribution in [0.2, 0.25) is 15.1 Å². The molecule has 2 aromatic carbocycles. The number of hydrogen-bond donors (Lipinski definition) is 1. The van der Waals surface area contributed by atoms with Crippen molar-refractivity contribution in [2.45, 2.75) is 0 Å². The third kappa shape index (κ3) is 3.67. The van der Waals surface area contributed by atoms with E-state index in [4.69, 9.17) is 44.3 Å². The minimum absolute atomic E-state index is 0.0927. The van der Waals surface area contributed by atoms with Crippen LogP contribution in [-0.4, -0.2) is 12.7 Å². The third-order valence-corrected chi connectivity index (χ3v) is 4.32. The minimum Gasteiger partial charge on any atom is -0.454 e. The van der Waals surface area contributed by atoms with Gasteiger partial charge < -0.3 is 14.8 Å². The fourth-order valence-electron chi connectivity index (χ4n) is 2.15. The number of benzene rings is 2. The summed E-state index contributed by atoms with van der Waals surface area (Å²) in [7, 11) is 0. The van der Waals surface area contributed by atoms with Gasteiger partial charge in [0, 0.05) is 6.07 Å². The second-order valence-electron chi connectivity index (χ2n) is 4.95. The average Bonchev–Trinajstić information content (AvgIpc) is 3.02. The molecular weight excluding hydrogens is 387 g/mol. The summed E-state index contributed by atoms with van der Waals surface area (Å²) in [6.45, 7) is 0.0927. The Bertz CT molecular complexity index is 915. The molecule has 2 aromatic rings. The Morgan fingerprint density at radius 3 is 2.40 bits per heavy atom. The van der Waals surface area contributed by atoms with Gasteiger partial charge in [0.2, 0.25) is 6.79 Å². The normalized spacial score (nSPS) is 12.6. The van der Waals surface area contributed by atoms with E-state index in [-0.39, 0.29) is 28.1 Å². The number of ether oxygens (including phenoxy) is 2. The Labute approximate surface area is 158 Å². The molecule has 126 valence electrons. The number of rotatable bonds is 3. The van der Waals surface area contributed by atoms with Crippen LogP contribution >= 0.6 is 34.8 Å². The summed E-state index contributed by atoms with van der Waals surface area (Å²) in [5.41, 5.74) is 0.508. The zero-order valence-corrected chi connectivity index (χ0v) is 14.7. The Hall–Kier alpha value is -2.39. The Balaban J connectivity index is 1.91. The van der Waals surface area contributed by atoms with Crippen molar-refractivity contribution in [1.29, 1.82) is 5.26 Å². The SMILES string of the molecule is N#C/C(=C\c1cc2c(cc1Cl)OCO2)C(=O)Nc1c(Cl)cccc1Cl. The van der Waals surface area contributed by atoms with Crippen LogP contribution in [0, 0.1) is 11.3 Å². The molecule has 0 saturated heterocycles. The van der Waals surface area contributed by atoms with Crippen LogP contribution in [0.5, 0.6) is 11.5 Å². The summed E-state index contributed by atoms with van der Waals surface area (Å²) in [5, 5.41) is 12.7. The lowest BCUT2D eigenvalue weighted by Gasteiger charge is -2.09. The zero-order valence-electron chi connectivity index (χ0n) is 12.5. The van der Waals surface area contributed by atoms with Gasteiger partial charge in [0.25, 0.3) is 5.91 Å². The fraction of sp³-hybridized carbons (Fsp3) is 0.0588. The molecule has 0 saturated carbocycles. The van der Waals surface area contributed by atoms with Gasteiger partial charge in [-0.15, -0.1) is 0 Å². The largest absolute Gasteiger partial charge is 0.454 e. The highest BCUT2D eigenvalue weighted by atomic mass is 35.5. The Morgan fingerprint density at radius 1 is 1.12 bits per heavy atom. The molecule has 0 aromatic heterocycles. The predicted octanol–water partition coefficient (Wildman–Crippen LogP) is 4.92. The van der Waals surface area contributed by atoms with Crippen molar-refractivity contribution in [2.24, 2.45) is 0 Å². The number of anilines is 1. The van der Waals surface area contributed by atoms with Gasteiger partial charge in [-0.3, -0.25) is 4.79 Å². The van der Waals surface area contributed by atoms with Gasteiger partial charge >= 0.3 is 0 Å². The smallest absolute Gasteiger partial charge is 0.266 e. The van der Waals surface area contributed by atoms with Crippen molar-refractivity contribution in [1.82, 2.24) is 0 Å². The van der Waals surface area contributed by atoms with Crippen LogP contribution in [-0.2, 0) is 4.79 Å². The molecule has 0 aliphatic carbocycles. The maximum atomic E-state index is 12.4. The summed E-state index contributed by atoms with van der Waals surface area (Å²) >= 11 is 18.2. The van der Waals surface area contributed by atoms with Gasteiger partial charge in [0.15, 0.2) is 11.5 Å². The minimum atomic E-state index is -0.661. The van der Waals surface area contributed by atoms with Crippen molar-refractivity contribution in [2.75, 3.05) is 12.1 Å². The summed E-state index contributed by atoms with van der Waals surface area (Å²) in [6, 6.07) is 9.80. The standard InChI is InChI=1S/C17H9Cl3N2O3/c18-11-2-1-3-12(19)16(11)22-17(23)10(7-21)4-9-5-14-15(6-13(9)20)25-8-24-14/h1-6H,8H2,(H,22,23)/b10-4+. The first-order valence-corrected chi connectivity index (χ1v) is 8.09. The van der Waals surface area contributed by atoms with Crippen molar-refractivity contribution < 1.29 is 14.3 Å². The molecule has 0 radical (unpaired) electrons. The van der Waals surface area contributed by atoms with Crippen LogP contribution in [0.3, 0.4) is 0 Å². The number of nitriles is 1. The summed E-state index contributed by atoms with van der Waals surface area (Å²) in [6.07, 6.45) is 1.35. The van der Waals surface area contributed by atoms with E-state index in [0.717, 1.165) is 0 Å². The number of fused-ring (bicyclic) bond motifs is 1. The van der Waals surface area contributed by atoms with E-state index < -0.39 is 5.91 Å².